The Bertz CT molecular complexity index is 238. The van der Waals surface area contributed by atoms with Crippen LogP contribution < -0.4 is 0 Å². The molecule has 68 valence electrons. The molecule has 12 heavy (non-hydrogen) atoms. The van der Waals surface area contributed by atoms with E-state index in [-0.39, 0.29) is 12.1 Å². The lowest BCUT2D eigenvalue weighted by Crippen LogP contribution is -2.23. The summed E-state index contributed by atoms with van der Waals surface area (Å²) in [6.07, 6.45) is 2.70. The molecule has 1 atom stereocenters. The van der Waals surface area contributed by atoms with Crippen molar-refractivity contribution in [3.05, 3.63) is 0 Å². The first kappa shape index (κ1) is 9.73. The highest BCUT2D eigenvalue weighted by Gasteiger charge is 2.32. The summed E-state index contributed by atoms with van der Waals surface area (Å²) in [5.41, 5.74) is 0. The second kappa shape index (κ2) is 3.57. The lowest BCUT2D eigenvalue weighted by atomic mass is 9.77. The van der Waals surface area contributed by atoms with E-state index < -0.39 is 13.5 Å². The van der Waals surface area contributed by atoms with Crippen molar-refractivity contribution in [3.63, 3.8) is 0 Å². The van der Waals surface area contributed by atoms with E-state index in [1.807, 2.05) is 6.07 Å². The first-order valence-corrected chi connectivity index (χ1v) is 5.77. The molecule has 1 fully saturated rings. The molecule has 0 aromatic rings. The summed E-state index contributed by atoms with van der Waals surface area (Å²) in [5, 5.41) is 8.63. The van der Waals surface area contributed by atoms with Crippen LogP contribution in [0.5, 0.6) is 0 Å². The van der Waals surface area contributed by atoms with E-state index in [9.17, 15) is 4.57 Å². The van der Waals surface area contributed by atoms with Gasteiger partial charge in [0.2, 0.25) is 0 Å². The van der Waals surface area contributed by atoms with E-state index in [2.05, 4.69) is 0 Å². The molecule has 1 unspecified atom stereocenters. The second-order valence-corrected chi connectivity index (χ2v) is 4.97. The van der Waals surface area contributed by atoms with Crippen molar-refractivity contribution >= 4 is 7.60 Å². The third-order valence-electron chi connectivity index (χ3n) is 2.32. The van der Waals surface area contributed by atoms with Crippen LogP contribution in [0.25, 0.3) is 0 Å². The molecule has 0 spiro atoms. The molecule has 1 rings (SSSR count). The van der Waals surface area contributed by atoms with Crippen LogP contribution in [-0.2, 0) is 4.57 Å². The molecule has 0 aliphatic heterocycles. The van der Waals surface area contributed by atoms with Crippen LogP contribution in [0, 0.1) is 23.2 Å². The normalized spacial score (nSPS) is 21.1. The van der Waals surface area contributed by atoms with Gasteiger partial charge in [-0.05, 0) is 18.8 Å². The van der Waals surface area contributed by atoms with Crippen LogP contribution in [0.1, 0.15) is 19.3 Å². The van der Waals surface area contributed by atoms with Gasteiger partial charge >= 0.3 is 7.60 Å². The predicted molar refractivity (Wildman–Crippen MR) is 43.4 cm³/mol. The van der Waals surface area contributed by atoms with Crippen molar-refractivity contribution in [1.29, 1.82) is 5.26 Å². The van der Waals surface area contributed by atoms with Crippen molar-refractivity contribution in [1.82, 2.24) is 0 Å². The van der Waals surface area contributed by atoms with E-state index in [4.69, 9.17) is 15.0 Å². The van der Waals surface area contributed by atoms with E-state index in [0.29, 0.717) is 0 Å². The van der Waals surface area contributed by atoms with Gasteiger partial charge in [0.25, 0.3) is 0 Å². The number of nitriles is 1. The van der Waals surface area contributed by atoms with Gasteiger partial charge in [-0.3, -0.25) is 4.57 Å². The largest absolute Gasteiger partial charge is 0.326 e. The number of hydrogen-bond acceptors (Lipinski definition) is 2. The average molecular weight is 189 g/mol. The van der Waals surface area contributed by atoms with Gasteiger partial charge in [0.15, 0.2) is 0 Å². The Balaban J connectivity index is 2.47. The summed E-state index contributed by atoms with van der Waals surface area (Å²) in [6.45, 7) is 0. The zero-order chi connectivity index (χ0) is 9.19. The van der Waals surface area contributed by atoms with Gasteiger partial charge in [-0.15, -0.1) is 0 Å². The maximum atomic E-state index is 10.6. The summed E-state index contributed by atoms with van der Waals surface area (Å²) in [4.78, 5) is 17.3. The van der Waals surface area contributed by atoms with E-state index in [1.54, 1.807) is 0 Å². The maximum Gasteiger partial charge on any atom is 0.326 e. The van der Waals surface area contributed by atoms with Crippen LogP contribution in [0.4, 0.5) is 0 Å². The lowest BCUT2D eigenvalue weighted by Gasteiger charge is -2.29. The van der Waals surface area contributed by atoms with Crippen molar-refractivity contribution < 1.29 is 14.4 Å². The molecule has 5 heteroatoms. The fraction of sp³-hybridized carbons (Fsp3) is 0.857. The van der Waals surface area contributed by atoms with Crippen molar-refractivity contribution in [2.24, 2.45) is 11.8 Å². The monoisotopic (exact) mass is 189 g/mol. The van der Waals surface area contributed by atoms with Gasteiger partial charge in [-0.25, -0.2) is 0 Å². The molecule has 1 aliphatic carbocycles. The molecule has 4 nitrogen and oxygen atoms in total. The van der Waals surface area contributed by atoms with Gasteiger partial charge in [0.1, 0.15) is 0 Å². The molecule has 1 aliphatic rings. The van der Waals surface area contributed by atoms with Gasteiger partial charge in [-0.1, -0.05) is 6.42 Å². The quantitative estimate of drug-likeness (QED) is 0.651. The maximum absolute atomic E-state index is 10.6. The Morgan fingerprint density at radius 1 is 1.58 bits per heavy atom. The fourth-order valence-electron chi connectivity index (χ4n) is 1.39. The van der Waals surface area contributed by atoms with E-state index in [0.717, 1.165) is 19.3 Å². The smallest absolute Gasteiger partial charge is 0.324 e. The number of rotatable bonds is 3. The molecule has 0 bridgehead atoms. The molecule has 0 saturated heterocycles. The zero-order valence-corrected chi connectivity index (χ0v) is 7.57. The van der Waals surface area contributed by atoms with Crippen LogP contribution in [0.3, 0.4) is 0 Å². The highest BCUT2D eigenvalue weighted by Crippen LogP contribution is 2.43. The van der Waals surface area contributed by atoms with Crippen molar-refractivity contribution in [2.45, 2.75) is 19.3 Å². The minimum Gasteiger partial charge on any atom is -0.324 e. The minimum absolute atomic E-state index is 0.225. The average Bonchev–Trinajstić information content (AvgIpc) is 1.79. The Morgan fingerprint density at radius 2 is 2.17 bits per heavy atom. The lowest BCUT2D eigenvalue weighted by molar-refractivity contribution is 0.251. The van der Waals surface area contributed by atoms with Crippen molar-refractivity contribution in [3.8, 4) is 6.07 Å². The predicted octanol–water partition coefficient (Wildman–Crippen LogP) is 1.10. The van der Waals surface area contributed by atoms with E-state index in [1.165, 1.54) is 0 Å². The van der Waals surface area contributed by atoms with Gasteiger partial charge in [-0.2, -0.15) is 5.26 Å². The molecule has 0 aromatic heterocycles. The van der Waals surface area contributed by atoms with Crippen LogP contribution in [0.2, 0.25) is 0 Å². The first-order chi connectivity index (χ1) is 5.53. The standard InChI is InChI=1S/C7H12NO3P/c8-4-7(5-12(9,10)11)6-2-1-3-6/h6-7H,1-3,5H2,(H2,9,10,11). The molecule has 0 amide bonds. The van der Waals surface area contributed by atoms with Gasteiger partial charge < -0.3 is 9.79 Å². The van der Waals surface area contributed by atoms with E-state index >= 15 is 0 Å². The molecule has 0 heterocycles. The SMILES string of the molecule is N#CC(CP(=O)(O)O)C1CCC1. The Kier molecular flexibility index (Phi) is 2.89. The highest BCUT2D eigenvalue weighted by molar-refractivity contribution is 7.51. The highest BCUT2D eigenvalue weighted by atomic mass is 31.2. The molecule has 2 N–H and O–H groups in total. The zero-order valence-electron chi connectivity index (χ0n) is 6.68. The fourth-order valence-corrected chi connectivity index (χ4v) is 2.29. The van der Waals surface area contributed by atoms with Crippen LogP contribution >= 0.6 is 7.60 Å². The topological polar surface area (TPSA) is 81.3 Å². The Morgan fingerprint density at radius 3 is 2.42 bits per heavy atom. The molecular weight excluding hydrogens is 177 g/mol. The summed E-state index contributed by atoms with van der Waals surface area (Å²) in [7, 11) is -3.99. The Labute approximate surface area is 71.4 Å². The second-order valence-electron chi connectivity index (χ2n) is 3.27. The summed E-state index contributed by atoms with van der Waals surface area (Å²) in [5.74, 6) is -0.220. The number of nitrogens with zero attached hydrogens (tertiary/aromatic N) is 1. The van der Waals surface area contributed by atoms with Crippen molar-refractivity contribution in [2.75, 3.05) is 6.16 Å². The summed E-state index contributed by atoms with van der Waals surface area (Å²) >= 11 is 0. The third-order valence-corrected chi connectivity index (χ3v) is 3.19. The number of hydrogen-bond donors (Lipinski definition) is 2. The molecule has 1 saturated carbocycles. The van der Waals surface area contributed by atoms with Crippen LogP contribution in [-0.4, -0.2) is 15.9 Å². The summed E-state index contributed by atoms with van der Waals surface area (Å²) in [6, 6.07) is 1.97. The van der Waals surface area contributed by atoms with Crippen LogP contribution in [0.15, 0.2) is 0 Å². The minimum atomic E-state index is -3.99. The van der Waals surface area contributed by atoms with Gasteiger partial charge in [0.05, 0.1) is 18.1 Å². The van der Waals surface area contributed by atoms with Gasteiger partial charge in [0, 0.05) is 0 Å². The molecular formula is C7H12NO3P. The molecule has 0 radical (unpaired) electrons. The molecule has 0 aromatic carbocycles. The summed E-state index contributed by atoms with van der Waals surface area (Å²) < 4.78 is 10.6. The Hall–Kier alpha value is -0.360. The third kappa shape index (κ3) is 2.60. The first-order valence-electron chi connectivity index (χ1n) is 3.97.